The van der Waals surface area contributed by atoms with Gasteiger partial charge in [0.05, 0.1) is 6.10 Å². The smallest absolute Gasteiger partial charge is 0.123 e. The van der Waals surface area contributed by atoms with Crippen LogP contribution in [0.25, 0.3) is 0 Å². The zero-order valence-corrected chi connectivity index (χ0v) is 15.0. The molecule has 2 aromatic rings. The third-order valence-corrected chi connectivity index (χ3v) is 4.04. The first-order valence-corrected chi connectivity index (χ1v) is 9.81. The van der Waals surface area contributed by atoms with E-state index in [4.69, 9.17) is 4.74 Å². The van der Waals surface area contributed by atoms with E-state index in [0.29, 0.717) is 0 Å². The predicted molar refractivity (Wildman–Crippen MR) is 97.7 cm³/mol. The third kappa shape index (κ3) is 5.32. The standard InChI is InChI=1S/C18H18F2O.C2H6S/c19-15-8-4-13(5-9-15)18(17-3-1-2-12-21-17)14-6-10-16(20)11-7-14;1-3-2/h4-11,17-18H,1-3,12H2;1-2H3. The normalized spacial score (nSPS) is 17.3. The Morgan fingerprint density at radius 3 is 1.71 bits per heavy atom. The van der Waals surface area contributed by atoms with Crippen LogP contribution in [-0.4, -0.2) is 25.2 Å². The molecule has 1 aliphatic heterocycles. The summed E-state index contributed by atoms with van der Waals surface area (Å²) in [5.74, 6) is -0.478. The van der Waals surface area contributed by atoms with Crippen molar-refractivity contribution in [3.8, 4) is 0 Å². The second-order valence-corrected chi connectivity index (χ2v) is 6.71. The van der Waals surface area contributed by atoms with Crippen molar-refractivity contribution < 1.29 is 13.5 Å². The highest BCUT2D eigenvalue weighted by molar-refractivity contribution is 7.97. The molecule has 0 amide bonds. The molecule has 1 heterocycles. The number of ether oxygens (including phenoxy) is 1. The van der Waals surface area contributed by atoms with E-state index >= 15 is 0 Å². The van der Waals surface area contributed by atoms with Gasteiger partial charge < -0.3 is 4.74 Å². The van der Waals surface area contributed by atoms with Crippen LogP contribution in [0.2, 0.25) is 0 Å². The Kier molecular flexibility index (Phi) is 7.73. The fraction of sp³-hybridized carbons (Fsp3) is 0.400. The van der Waals surface area contributed by atoms with Gasteiger partial charge in [-0.25, -0.2) is 8.78 Å². The lowest BCUT2D eigenvalue weighted by atomic mass is 9.83. The second-order valence-electron chi connectivity index (χ2n) is 5.89. The lowest BCUT2D eigenvalue weighted by Crippen LogP contribution is -2.27. The first kappa shape index (κ1) is 18.9. The Morgan fingerprint density at radius 2 is 1.33 bits per heavy atom. The van der Waals surface area contributed by atoms with E-state index in [0.717, 1.165) is 37.0 Å². The Hall–Kier alpha value is -1.39. The lowest BCUT2D eigenvalue weighted by Gasteiger charge is -2.31. The van der Waals surface area contributed by atoms with E-state index in [9.17, 15) is 8.78 Å². The Balaban J connectivity index is 0.000000647. The highest BCUT2D eigenvalue weighted by atomic mass is 32.2. The summed E-state index contributed by atoms with van der Waals surface area (Å²) in [6, 6.07) is 13.0. The van der Waals surface area contributed by atoms with Gasteiger partial charge in [-0.05, 0) is 67.2 Å². The summed E-state index contributed by atoms with van der Waals surface area (Å²) < 4.78 is 32.3. The van der Waals surface area contributed by atoms with Crippen molar-refractivity contribution in [2.24, 2.45) is 0 Å². The van der Waals surface area contributed by atoms with Gasteiger partial charge in [-0.2, -0.15) is 11.8 Å². The van der Waals surface area contributed by atoms with Crippen LogP contribution in [0.4, 0.5) is 8.78 Å². The Morgan fingerprint density at radius 1 is 0.875 bits per heavy atom. The molecule has 4 heteroatoms. The zero-order chi connectivity index (χ0) is 17.4. The quantitative estimate of drug-likeness (QED) is 0.708. The lowest BCUT2D eigenvalue weighted by molar-refractivity contribution is 0.00635. The summed E-state index contributed by atoms with van der Waals surface area (Å²) in [4.78, 5) is 0. The van der Waals surface area contributed by atoms with Crippen LogP contribution in [0.1, 0.15) is 36.3 Å². The van der Waals surface area contributed by atoms with Crippen molar-refractivity contribution in [1.82, 2.24) is 0 Å². The summed E-state index contributed by atoms with van der Waals surface area (Å²) in [5.41, 5.74) is 2.02. The van der Waals surface area contributed by atoms with Crippen molar-refractivity contribution in [2.45, 2.75) is 31.3 Å². The molecule has 2 aromatic carbocycles. The van der Waals surface area contributed by atoms with Crippen LogP contribution in [0.3, 0.4) is 0 Å². The van der Waals surface area contributed by atoms with Crippen molar-refractivity contribution in [2.75, 3.05) is 19.1 Å². The molecule has 1 nitrogen and oxygen atoms in total. The van der Waals surface area contributed by atoms with Gasteiger partial charge in [0.2, 0.25) is 0 Å². The van der Waals surface area contributed by atoms with Crippen LogP contribution in [0.5, 0.6) is 0 Å². The average molecular weight is 350 g/mol. The van der Waals surface area contributed by atoms with Gasteiger partial charge in [0.25, 0.3) is 0 Å². The minimum Gasteiger partial charge on any atom is -0.377 e. The van der Waals surface area contributed by atoms with E-state index in [2.05, 4.69) is 0 Å². The molecule has 1 saturated heterocycles. The van der Waals surface area contributed by atoms with Crippen molar-refractivity contribution in [1.29, 1.82) is 0 Å². The van der Waals surface area contributed by atoms with Gasteiger partial charge in [0, 0.05) is 12.5 Å². The number of rotatable bonds is 3. The molecule has 1 aliphatic rings. The van der Waals surface area contributed by atoms with E-state index in [1.54, 1.807) is 36.0 Å². The number of hydrogen-bond donors (Lipinski definition) is 0. The van der Waals surface area contributed by atoms with Crippen molar-refractivity contribution in [3.63, 3.8) is 0 Å². The maximum absolute atomic E-state index is 13.2. The van der Waals surface area contributed by atoms with E-state index in [1.807, 2.05) is 12.5 Å². The summed E-state index contributed by atoms with van der Waals surface area (Å²) in [7, 11) is 0. The molecule has 0 aliphatic carbocycles. The number of thioether (sulfide) groups is 1. The zero-order valence-electron chi connectivity index (χ0n) is 14.2. The average Bonchev–Trinajstić information content (AvgIpc) is 2.60. The number of halogens is 2. The topological polar surface area (TPSA) is 9.23 Å². The number of hydrogen-bond acceptors (Lipinski definition) is 2. The summed E-state index contributed by atoms with van der Waals surface area (Å²) in [6.45, 7) is 0.754. The summed E-state index contributed by atoms with van der Waals surface area (Å²) in [5, 5.41) is 0. The maximum Gasteiger partial charge on any atom is 0.123 e. The van der Waals surface area contributed by atoms with Gasteiger partial charge in [-0.3, -0.25) is 0 Å². The molecule has 130 valence electrons. The van der Waals surface area contributed by atoms with Crippen LogP contribution in [-0.2, 0) is 4.74 Å². The maximum atomic E-state index is 13.2. The highest BCUT2D eigenvalue weighted by Gasteiger charge is 2.27. The van der Waals surface area contributed by atoms with Crippen LogP contribution in [0, 0.1) is 11.6 Å². The minimum absolute atomic E-state index is 0.0199. The fourth-order valence-electron chi connectivity index (χ4n) is 2.99. The first-order valence-electron chi connectivity index (χ1n) is 8.18. The van der Waals surface area contributed by atoms with Gasteiger partial charge >= 0.3 is 0 Å². The van der Waals surface area contributed by atoms with E-state index < -0.39 is 0 Å². The van der Waals surface area contributed by atoms with E-state index in [1.165, 1.54) is 24.3 Å². The second kappa shape index (κ2) is 9.80. The monoisotopic (exact) mass is 350 g/mol. The summed E-state index contributed by atoms with van der Waals surface area (Å²) in [6.07, 6.45) is 7.33. The molecule has 0 bridgehead atoms. The molecule has 24 heavy (non-hydrogen) atoms. The van der Waals surface area contributed by atoms with Crippen LogP contribution in [0.15, 0.2) is 48.5 Å². The largest absolute Gasteiger partial charge is 0.377 e. The molecular weight excluding hydrogens is 326 g/mol. The third-order valence-electron chi connectivity index (χ3n) is 4.04. The van der Waals surface area contributed by atoms with Gasteiger partial charge in [-0.1, -0.05) is 24.3 Å². The number of benzene rings is 2. The molecule has 1 fully saturated rings. The summed E-state index contributed by atoms with van der Waals surface area (Å²) >= 11 is 1.75. The minimum atomic E-state index is -0.249. The highest BCUT2D eigenvalue weighted by Crippen LogP contribution is 2.34. The molecule has 0 radical (unpaired) electrons. The molecule has 1 atom stereocenters. The van der Waals surface area contributed by atoms with Gasteiger partial charge in [0.1, 0.15) is 11.6 Å². The van der Waals surface area contributed by atoms with Crippen molar-refractivity contribution in [3.05, 3.63) is 71.3 Å². The molecule has 0 spiro atoms. The predicted octanol–water partition coefficient (Wildman–Crippen LogP) is 5.65. The molecular formula is C20H24F2OS. The SMILES string of the molecule is CSC.Fc1ccc(C(c2ccc(F)cc2)C2CCCCO2)cc1. The molecule has 3 rings (SSSR count). The molecule has 1 unspecified atom stereocenters. The van der Waals surface area contributed by atoms with Crippen molar-refractivity contribution >= 4 is 11.8 Å². The van der Waals surface area contributed by atoms with Gasteiger partial charge in [0.15, 0.2) is 0 Å². The fourth-order valence-corrected chi connectivity index (χ4v) is 2.99. The molecule has 0 aromatic heterocycles. The van der Waals surface area contributed by atoms with Crippen LogP contribution < -0.4 is 0 Å². The Labute approximate surface area is 147 Å². The molecule has 0 saturated carbocycles. The van der Waals surface area contributed by atoms with E-state index in [-0.39, 0.29) is 23.7 Å². The first-order chi connectivity index (χ1) is 11.7. The molecule has 0 N–H and O–H groups in total. The van der Waals surface area contributed by atoms with Gasteiger partial charge in [-0.15, -0.1) is 0 Å². The Bertz CT molecular complexity index is 547. The van der Waals surface area contributed by atoms with Crippen LogP contribution >= 0.6 is 11.8 Å².